The van der Waals surface area contributed by atoms with Gasteiger partial charge in [-0.25, -0.2) is 0 Å². The number of dihydropyridines is 1. The van der Waals surface area contributed by atoms with E-state index in [1.807, 2.05) is 18.2 Å². The number of hydrogen-bond acceptors (Lipinski definition) is 1. The molecule has 0 saturated carbocycles. The fourth-order valence-electron chi connectivity index (χ4n) is 1.50. The van der Waals surface area contributed by atoms with Gasteiger partial charge in [-0.15, -0.1) is 0 Å². The van der Waals surface area contributed by atoms with Crippen LogP contribution in [0, 0.1) is 5.41 Å². The average Bonchev–Trinajstić information content (AvgIpc) is 2.19. The Morgan fingerprint density at radius 2 is 1.86 bits per heavy atom. The van der Waals surface area contributed by atoms with E-state index in [-0.39, 0.29) is 5.41 Å². The highest BCUT2D eigenvalue weighted by molar-refractivity contribution is 6.09. The second-order valence-corrected chi connectivity index (χ2v) is 4.39. The van der Waals surface area contributed by atoms with Crippen molar-refractivity contribution in [2.75, 3.05) is 6.54 Å². The first-order valence-electron chi connectivity index (χ1n) is 4.96. The molecule has 0 bridgehead atoms. The third-order valence-electron chi connectivity index (χ3n) is 2.42. The highest BCUT2D eigenvalue weighted by atomic mass is 14.8. The van der Waals surface area contributed by atoms with Crippen LogP contribution in [0.3, 0.4) is 0 Å². The van der Waals surface area contributed by atoms with Crippen LogP contribution < -0.4 is 0 Å². The number of allylic oxidation sites excluding steroid dienone is 1. The van der Waals surface area contributed by atoms with E-state index in [9.17, 15) is 0 Å². The zero-order chi connectivity index (χ0) is 10.0. The summed E-state index contributed by atoms with van der Waals surface area (Å²) >= 11 is 0. The number of benzene rings is 1. The summed E-state index contributed by atoms with van der Waals surface area (Å²) in [6.07, 6.45) is 4.36. The van der Waals surface area contributed by atoms with Gasteiger partial charge in [0, 0.05) is 12.0 Å². The molecule has 0 aromatic heterocycles. The van der Waals surface area contributed by atoms with E-state index in [4.69, 9.17) is 0 Å². The Hall–Kier alpha value is -1.37. The molecule has 0 unspecified atom stereocenters. The Labute approximate surface area is 85.2 Å². The number of hydrogen-bond donors (Lipinski definition) is 0. The maximum atomic E-state index is 4.58. The van der Waals surface area contributed by atoms with E-state index in [1.165, 1.54) is 5.56 Å². The zero-order valence-corrected chi connectivity index (χ0v) is 8.70. The predicted molar refractivity (Wildman–Crippen MR) is 60.8 cm³/mol. The molecule has 1 aromatic rings. The Morgan fingerprint density at radius 3 is 2.43 bits per heavy atom. The van der Waals surface area contributed by atoms with E-state index < -0.39 is 0 Å². The van der Waals surface area contributed by atoms with Crippen molar-refractivity contribution in [3.63, 3.8) is 0 Å². The predicted octanol–water partition coefficient (Wildman–Crippen LogP) is 3.07. The number of aliphatic imine (C=N–C) groups is 1. The van der Waals surface area contributed by atoms with E-state index in [0.29, 0.717) is 0 Å². The number of nitrogens with zero attached hydrogens (tertiary/aromatic N) is 1. The van der Waals surface area contributed by atoms with Gasteiger partial charge < -0.3 is 0 Å². The molecule has 1 aliphatic rings. The Morgan fingerprint density at radius 1 is 1.14 bits per heavy atom. The van der Waals surface area contributed by atoms with Crippen LogP contribution in [-0.2, 0) is 0 Å². The van der Waals surface area contributed by atoms with E-state index >= 15 is 0 Å². The van der Waals surface area contributed by atoms with Crippen LogP contribution in [0.5, 0.6) is 0 Å². The average molecular weight is 185 g/mol. The zero-order valence-electron chi connectivity index (χ0n) is 8.70. The molecular weight excluding hydrogens is 170 g/mol. The van der Waals surface area contributed by atoms with E-state index in [2.05, 4.69) is 43.1 Å². The molecule has 0 aliphatic carbocycles. The molecule has 0 saturated heterocycles. The Bertz CT molecular complexity index is 371. The van der Waals surface area contributed by atoms with Gasteiger partial charge in [-0.2, -0.15) is 0 Å². The molecule has 0 amide bonds. The molecule has 1 aliphatic heterocycles. The minimum atomic E-state index is 0.221. The first-order valence-corrected chi connectivity index (χ1v) is 4.96. The summed E-state index contributed by atoms with van der Waals surface area (Å²) in [6.45, 7) is 5.29. The molecule has 1 aromatic carbocycles. The SMILES string of the molecule is CC1(C)C=CC(c2ccccc2)=NC1. The minimum Gasteiger partial charge on any atom is -0.284 e. The molecule has 0 fully saturated rings. The van der Waals surface area contributed by atoms with Crippen LogP contribution in [0.2, 0.25) is 0 Å². The van der Waals surface area contributed by atoms with Crippen molar-refractivity contribution in [3.05, 3.63) is 48.0 Å². The summed E-state index contributed by atoms with van der Waals surface area (Å²) in [5.74, 6) is 0. The lowest BCUT2D eigenvalue weighted by Gasteiger charge is -2.21. The standard InChI is InChI=1S/C13H15N/c1-13(2)9-8-12(14-10-13)11-6-4-3-5-7-11/h3-9H,10H2,1-2H3. The summed E-state index contributed by atoms with van der Waals surface area (Å²) in [4.78, 5) is 4.58. The Balaban J connectivity index is 2.25. The van der Waals surface area contributed by atoms with E-state index in [1.54, 1.807) is 0 Å². The van der Waals surface area contributed by atoms with Crippen molar-refractivity contribution in [2.45, 2.75) is 13.8 Å². The highest BCUT2D eigenvalue weighted by Gasteiger charge is 2.17. The number of rotatable bonds is 1. The Kier molecular flexibility index (Phi) is 2.24. The lowest BCUT2D eigenvalue weighted by molar-refractivity contribution is 0.492. The molecule has 1 heteroatoms. The molecule has 0 N–H and O–H groups in total. The van der Waals surface area contributed by atoms with Crippen molar-refractivity contribution in [1.29, 1.82) is 0 Å². The molecule has 1 nitrogen and oxygen atoms in total. The van der Waals surface area contributed by atoms with Gasteiger partial charge in [-0.3, -0.25) is 4.99 Å². The van der Waals surface area contributed by atoms with Crippen molar-refractivity contribution in [3.8, 4) is 0 Å². The van der Waals surface area contributed by atoms with Gasteiger partial charge in [0.25, 0.3) is 0 Å². The largest absolute Gasteiger partial charge is 0.284 e. The fourth-order valence-corrected chi connectivity index (χ4v) is 1.50. The van der Waals surface area contributed by atoms with Crippen LogP contribution >= 0.6 is 0 Å². The molecule has 0 atom stereocenters. The van der Waals surface area contributed by atoms with Crippen molar-refractivity contribution < 1.29 is 0 Å². The van der Waals surface area contributed by atoms with Gasteiger partial charge >= 0.3 is 0 Å². The maximum Gasteiger partial charge on any atom is 0.0644 e. The van der Waals surface area contributed by atoms with E-state index in [0.717, 1.165) is 12.3 Å². The van der Waals surface area contributed by atoms with Gasteiger partial charge in [0.05, 0.1) is 5.71 Å². The fraction of sp³-hybridized carbons (Fsp3) is 0.308. The van der Waals surface area contributed by atoms with Crippen molar-refractivity contribution >= 4 is 5.71 Å². The molecule has 1 heterocycles. The van der Waals surface area contributed by atoms with Crippen LogP contribution in [0.1, 0.15) is 19.4 Å². The molecular formula is C13H15N. The maximum absolute atomic E-state index is 4.58. The first-order chi connectivity index (χ1) is 6.67. The van der Waals surface area contributed by atoms with Gasteiger partial charge in [0.15, 0.2) is 0 Å². The molecule has 0 spiro atoms. The monoisotopic (exact) mass is 185 g/mol. The van der Waals surface area contributed by atoms with Crippen LogP contribution in [-0.4, -0.2) is 12.3 Å². The summed E-state index contributed by atoms with van der Waals surface area (Å²) in [7, 11) is 0. The summed E-state index contributed by atoms with van der Waals surface area (Å²) in [5, 5.41) is 0. The van der Waals surface area contributed by atoms with Crippen LogP contribution in [0.15, 0.2) is 47.5 Å². The highest BCUT2D eigenvalue weighted by Crippen LogP contribution is 2.22. The molecule has 14 heavy (non-hydrogen) atoms. The third-order valence-corrected chi connectivity index (χ3v) is 2.42. The van der Waals surface area contributed by atoms with Crippen molar-refractivity contribution in [2.24, 2.45) is 10.4 Å². The lowest BCUT2D eigenvalue weighted by Crippen LogP contribution is -2.18. The van der Waals surface area contributed by atoms with Crippen LogP contribution in [0.4, 0.5) is 0 Å². The summed E-state index contributed by atoms with van der Waals surface area (Å²) in [6, 6.07) is 10.3. The van der Waals surface area contributed by atoms with Gasteiger partial charge in [-0.1, -0.05) is 50.3 Å². The lowest BCUT2D eigenvalue weighted by atomic mass is 9.90. The first kappa shape index (κ1) is 9.20. The smallest absolute Gasteiger partial charge is 0.0644 e. The van der Waals surface area contributed by atoms with Crippen molar-refractivity contribution in [1.82, 2.24) is 0 Å². The topological polar surface area (TPSA) is 12.4 Å². The minimum absolute atomic E-state index is 0.221. The summed E-state index contributed by atoms with van der Waals surface area (Å²) < 4.78 is 0. The van der Waals surface area contributed by atoms with Crippen LogP contribution in [0.25, 0.3) is 0 Å². The van der Waals surface area contributed by atoms with Gasteiger partial charge in [0.1, 0.15) is 0 Å². The van der Waals surface area contributed by atoms with Gasteiger partial charge in [0.2, 0.25) is 0 Å². The second-order valence-electron chi connectivity index (χ2n) is 4.39. The second kappa shape index (κ2) is 3.41. The molecule has 2 rings (SSSR count). The summed E-state index contributed by atoms with van der Waals surface area (Å²) in [5.41, 5.74) is 2.53. The quantitative estimate of drug-likeness (QED) is 0.637. The normalized spacial score (nSPS) is 19.1. The van der Waals surface area contributed by atoms with Gasteiger partial charge in [-0.05, 0) is 11.6 Å². The molecule has 72 valence electrons. The molecule has 0 radical (unpaired) electrons. The third kappa shape index (κ3) is 1.92.